The molecule has 44 heavy (non-hydrogen) atoms. The Hall–Kier alpha value is -3.96. The molecule has 1 aliphatic heterocycles. The Morgan fingerprint density at radius 2 is 1.80 bits per heavy atom. The van der Waals surface area contributed by atoms with E-state index in [1.807, 2.05) is 25.4 Å². The molecule has 1 fully saturated rings. The Bertz CT molecular complexity index is 1800. The first kappa shape index (κ1) is 30.1. The predicted octanol–water partition coefficient (Wildman–Crippen LogP) is 6.10. The summed E-state index contributed by atoms with van der Waals surface area (Å²) >= 11 is 0. The van der Waals surface area contributed by atoms with E-state index in [1.165, 1.54) is 12.1 Å². The number of aryl methyl sites for hydroxylation is 1. The molecule has 1 aliphatic carbocycles. The zero-order chi connectivity index (χ0) is 31.1. The predicted molar refractivity (Wildman–Crippen MR) is 164 cm³/mol. The van der Waals surface area contributed by atoms with Crippen molar-refractivity contribution in [2.75, 3.05) is 25.0 Å². The SMILES string of the molecule is CN(C(=O)c1ccc2c(c1)C(NS(=O)(=O)Cc1cccc(C(F)(F)F)c1)CC2)C1CCN(c2ccc3cnccc3c2)CC1. The summed E-state index contributed by atoms with van der Waals surface area (Å²) in [6.07, 6.45) is 1.87. The third kappa shape index (κ3) is 6.44. The van der Waals surface area contributed by atoms with Gasteiger partial charge in [0, 0.05) is 61.3 Å². The number of aromatic nitrogens is 1. The molecular formula is C33H33F3N4O3S. The lowest BCUT2D eigenvalue weighted by Crippen LogP contribution is -2.45. The van der Waals surface area contributed by atoms with Crippen LogP contribution in [0.3, 0.4) is 0 Å². The zero-order valence-corrected chi connectivity index (χ0v) is 25.0. The van der Waals surface area contributed by atoms with Gasteiger partial charge in [-0.15, -0.1) is 0 Å². The molecule has 11 heteroatoms. The maximum absolute atomic E-state index is 13.6. The van der Waals surface area contributed by atoms with Gasteiger partial charge in [-0.05, 0) is 84.2 Å². The summed E-state index contributed by atoms with van der Waals surface area (Å²) in [5, 5.41) is 2.23. The first-order valence-electron chi connectivity index (χ1n) is 14.6. The summed E-state index contributed by atoms with van der Waals surface area (Å²) < 4.78 is 67.9. The molecule has 1 amide bonds. The number of hydrogen-bond donors (Lipinski definition) is 1. The summed E-state index contributed by atoms with van der Waals surface area (Å²) in [6, 6.07) is 17.6. The Balaban J connectivity index is 1.10. The summed E-state index contributed by atoms with van der Waals surface area (Å²) in [5.41, 5.74) is 2.49. The van der Waals surface area contributed by atoms with E-state index in [9.17, 15) is 26.4 Å². The van der Waals surface area contributed by atoms with Crippen molar-refractivity contribution in [3.63, 3.8) is 0 Å². The second-order valence-corrected chi connectivity index (χ2v) is 13.4. The van der Waals surface area contributed by atoms with Crippen LogP contribution in [-0.4, -0.2) is 50.4 Å². The fourth-order valence-corrected chi connectivity index (χ4v) is 7.70. The molecule has 1 N–H and O–H groups in total. The first-order chi connectivity index (χ1) is 21.0. The van der Waals surface area contributed by atoms with Gasteiger partial charge in [-0.2, -0.15) is 13.2 Å². The van der Waals surface area contributed by atoms with Crippen LogP contribution in [0.5, 0.6) is 0 Å². The number of fused-ring (bicyclic) bond motifs is 2. The van der Waals surface area contributed by atoms with Crippen molar-refractivity contribution in [1.82, 2.24) is 14.6 Å². The smallest absolute Gasteiger partial charge is 0.371 e. The minimum atomic E-state index is -4.56. The van der Waals surface area contributed by atoms with E-state index in [1.54, 1.807) is 23.2 Å². The lowest BCUT2D eigenvalue weighted by Gasteiger charge is -2.38. The van der Waals surface area contributed by atoms with Crippen LogP contribution in [0, 0.1) is 0 Å². The molecule has 230 valence electrons. The molecule has 2 aliphatic rings. The highest BCUT2D eigenvalue weighted by Gasteiger charge is 2.32. The molecule has 3 aromatic carbocycles. The summed E-state index contributed by atoms with van der Waals surface area (Å²) in [4.78, 5) is 21.9. The van der Waals surface area contributed by atoms with Gasteiger partial charge in [-0.3, -0.25) is 9.78 Å². The Morgan fingerprint density at radius 1 is 1.00 bits per heavy atom. The van der Waals surface area contributed by atoms with E-state index >= 15 is 0 Å². The van der Waals surface area contributed by atoms with Gasteiger partial charge in [-0.1, -0.05) is 30.3 Å². The number of nitrogens with one attached hydrogen (secondary N) is 1. The molecule has 1 aromatic heterocycles. The van der Waals surface area contributed by atoms with Gasteiger partial charge in [0.05, 0.1) is 11.3 Å². The number of pyridine rings is 1. The van der Waals surface area contributed by atoms with Gasteiger partial charge in [0.15, 0.2) is 0 Å². The van der Waals surface area contributed by atoms with Crippen molar-refractivity contribution in [2.45, 2.75) is 49.7 Å². The van der Waals surface area contributed by atoms with E-state index in [2.05, 4.69) is 32.8 Å². The summed E-state index contributed by atoms with van der Waals surface area (Å²) in [6.45, 7) is 1.64. The number of benzene rings is 3. The molecule has 1 unspecified atom stereocenters. The quantitative estimate of drug-likeness (QED) is 0.269. The number of nitrogens with zero attached hydrogens (tertiary/aromatic N) is 3. The van der Waals surface area contributed by atoms with Crippen molar-refractivity contribution >= 4 is 32.4 Å². The molecule has 0 bridgehead atoms. The molecule has 0 radical (unpaired) electrons. The van der Waals surface area contributed by atoms with Crippen LogP contribution in [0.1, 0.15) is 57.9 Å². The van der Waals surface area contributed by atoms with Crippen LogP contribution >= 0.6 is 0 Å². The molecule has 6 rings (SSSR count). The van der Waals surface area contributed by atoms with Crippen LogP contribution in [0.15, 0.2) is 79.1 Å². The molecular weight excluding hydrogens is 589 g/mol. The number of carbonyl (C=O) groups is 1. The number of amides is 1. The van der Waals surface area contributed by atoms with Gasteiger partial charge in [-0.25, -0.2) is 13.1 Å². The number of sulfonamides is 1. The van der Waals surface area contributed by atoms with E-state index in [-0.39, 0.29) is 17.5 Å². The van der Waals surface area contributed by atoms with Crippen molar-refractivity contribution in [3.05, 3.63) is 107 Å². The highest BCUT2D eigenvalue weighted by Crippen LogP contribution is 2.34. The second-order valence-electron chi connectivity index (χ2n) is 11.6. The Morgan fingerprint density at radius 3 is 2.57 bits per heavy atom. The topological polar surface area (TPSA) is 82.6 Å². The monoisotopic (exact) mass is 622 g/mol. The molecule has 7 nitrogen and oxygen atoms in total. The van der Waals surface area contributed by atoms with Gasteiger partial charge in [0.1, 0.15) is 0 Å². The number of anilines is 1. The molecule has 0 saturated carbocycles. The molecule has 2 heterocycles. The van der Waals surface area contributed by atoms with Crippen molar-refractivity contribution in [1.29, 1.82) is 0 Å². The minimum Gasteiger partial charge on any atom is -0.371 e. The maximum Gasteiger partial charge on any atom is 0.416 e. The second kappa shape index (κ2) is 11.9. The van der Waals surface area contributed by atoms with Crippen molar-refractivity contribution in [3.8, 4) is 0 Å². The maximum atomic E-state index is 13.6. The highest BCUT2D eigenvalue weighted by molar-refractivity contribution is 7.88. The molecule has 1 atom stereocenters. The zero-order valence-electron chi connectivity index (χ0n) is 24.2. The third-order valence-electron chi connectivity index (χ3n) is 8.73. The van der Waals surface area contributed by atoms with Crippen LogP contribution in [0.4, 0.5) is 18.9 Å². The van der Waals surface area contributed by atoms with Gasteiger partial charge < -0.3 is 9.80 Å². The van der Waals surface area contributed by atoms with E-state index in [0.29, 0.717) is 18.4 Å². The van der Waals surface area contributed by atoms with Gasteiger partial charge in [0.25, 0.3) is 5.91 Å². The summed E-state index contributed by atoms with van der Waals surface area (Å²) in [7, 11) is -2.14. The highest BCUT2D eigenvalue weighted by atomic mass is 32.2. The van der Waals surface area contributed by atoms with E-state index < -0.39 is 33.6 Å². The van der Waals surface area contributed by atoms with Crippen molar-refractivity contribution in [2.24, 2.45) is 0 Å². The normalized spacial score (nSPS) is 17.5. The summed E-state index contributed by atoms with van der Waals surface area (Å²) in [5.74, 6) is -0.693. The number of carbonyl (C=O) groups excluding carboxylic acids is 1. The van der Waals surface area contributed by atoms with Crippen LogP contribution < -0.4 is 9.62 Å². The fraction of sp³-hybridized carbons (Fsp3) is 0.333. The molecule has 1 saturated heterocycles. The number of hydrogen-bond acceptors (Lipinski definition) is 5. The van der Waals surface area contributed by atoms with Crippen LogP contribution in [0.25, 0.3) is 10.8 Å². The Labute approximate surface area is 254 Å². The number of halogens is 3. The van der Waals surface area contributed by atoms with Gasteiger partial charge >= 0.3 is 6.18 Å². The average molecular weight is 623 g/mol. The van der Waals surface area contributed by atoms with Crippen LogP contribution in [-0.2, 0) is 28.4 Å². The lowest BCUT2D eigenvalue weighted by molar-refractivity contribution is -0.137. The van der Waals surface area contributed by atoms with E-state index in [0.717, 1.165) is 65.7 Å². The minimum absolute atomic E-state index is 0.0556. The molecule has 0 spiro atoms. The first-order valence-corrected chi connectivity index (χ1v) is 16.3. The number of piperidine rings is 1. The fourth-order valence-electron chi connectivity index (χ4n) is 6.32. The molecule has 4 aromatic rings. The number of rotatable bonds is 7. The largest absolute Gasteiger partial charge is 0.416 e. The van der Waals surface area contributed by atoms with E-state index in [4.69, 9.17) is 0 Å². The number of alkyl halides is 3. The average Bonchev–Trinajstić information content (AvgIpc) is 3.40. The van der Waals surface area contributed by atoms with Gasteiger partial charge in [0.2, 0.25) is 10.0 Å². The van der Waals surface area contributed by atoms with Crippen molar-refractivity contribution < 1.29 is 26.4 Å². The lowest BCUT2D eigenvalue weighted by atomic mass is 10.00. The Kier molecular flexibility index (Phi) is 8.10. The third-order valence-corrected chi connectivity index (χ3v) is 10.1. The van der Waals surface area contributed by atoms with Crippen LogP contribution in [0.2, 0.25) is 0 Å². The standard InChI is InChI=1S/C33H33F3N4O3S/c1-39(28-12-15-40(16-13-28)29-9-7-26-20-37-14-11-24(26)18-29)32(41)25-6-5-23-8-10-31(30(23)19-25)38-44(42,43)21-22-3-2-4-27(17-22)33(34,35)36/h2-7,9,11,14,17-20,28,31,38H,8,10,12-13,15-16,21H2,1H3.